The third kappa shape index (κ3) is 2.50. The normalized spacial score (nSPS) is 25.0. The molecule has 1 aromatic rings. The molecule has 1 fully saturated rings. The van der Waals surface area contributed by atoms with Gasteiger partial charge in [0.2, 0.25) is 0 Å². The molecule has 1 aliphatic rings. The highest BCUT2D eigenvalue weighted by Crippen LogP contribution is 2.29. The van der Waals surface area contributed by atoms with Gasteiger partial charge in [-0.05, 0) is 18.6 Å². The molecule has 14 heavy (non-hydrogen) atoms. The number of ether oxygens (including phenoxy) is 1. The Hall–Kier alpha value is -0.510. The van der Waals surface area contributed by atoms with Crippen LogP contribution < -0.4 is 5.73 Å². The van der Waals surface area contributed by atoms with Gasteiger partial charge in [-0.15, -0.1) is 11.8 Å². The van der Waals surface area contributed by atoms with Crippen LogP contribution in [0.25, 0.3) is 0 Å². The molecule has 2 N–H and O–H groups in total. The van der Waals surface area contributed by atoms with Crippen molar-refractivity contribution >= 4 is 11.8 Å². The lowest BCUT2D eigenvalue weighted by atomic mass is 10.2. The lowest BCUT2D eigenvalue weighted by Crippen LogP contribution is -2.24. The first kappa shape index (κ1) is 10.0. The lowest BCUT2D eigenvalue weighted by molar-refractivity contribution is 0.305. The van der Waals surface area contributed by atoms with Crippen molar-refractivity contribution in [3.8, 4) is 0 Å². The fourth-order valence-electron chi connectivity index (χ4n) is 1.29. The molecule has 1 heterocycles. The zero-order valence-corrected chi connectivity index (χ0v) is 9.14. The molecule has 2 nitrogen and oxygen atoms in total. The molecule has 0 bridgehead atoms. The zero-order valence-electron chi connectivity index (χ0n) is 8.32. The first-order valence-electron chi connectivity index (χ1n) is 4.81. The minimum Gasteiger partial charge on any atom is -0.354 e. The van der Waals surface area contributed by atoms with E-state index in [0.29, 0.717) is 0 Å². The molecule has 1 atom stereocenters. The number of rotatable bonds is 4. The van der Waals surface area contributed by atoms with E-state index in [1.54, 1.807) is 0 Å². The van der Waals surface area contributed by atoms with Gasteiger partial charge in [0.05, 0.1) is 6.61 Å². The summed E-state index contributed by atoms with van der Waals surface area (Å²) in [4.78, 5) is 1.34. The smallest absolute Gasteiger partial charge is 0.141 e. The van der Waals surface area contributed by atoms with Crippen LogP contribution in [0.2, 0.25) is 0 Å². The summed E-state index contributed by atoms with van der Waals surface area (Å²) in [6.07, 6.45) is 0.937. The van der Waals surface area contributed by atoms with Crippen molar-refractivity contribution in [3.05, 3.63) is 29.8 Å². The first-order chi connectivity index (χ1) is 6.70. The van der Waals surface area contributed by atoms with Crippen molar-refractivity contribution in [1.29, 1.82) is 0 Å². The van der Waals surface area contributed by atoms with E-state index in [0.717, 1.165) is 18.8 Å². The summed E-state index contributed by atoms with van der Waals surface area (Å²) < 4.78 is 5.13. The van der Waals surface area contributed by atoms with Crippen LogP contribution in [0.4, 0.5) is 0 Å². The van der Waals surface area contributed by atoms with Crippen molar-refractivity contribution in [2.75, 3.05) is 12.4 Å². The molecule has 1 saturated heterocycles. The number of nitrogens with two attached hydrogens (primary N) is 1. The molecule has 0 saturated carbocycles. The number of hydrogen-bond acceptors (Lipinski definition) is 3. The minimum atomic E-state index is -0.296. The van der Waals surface area contributed by atoms with Crippen molar-refractivity contribution in [3.63, 3.8) is 0 Å². The molecule has 0 radical (unpaired) electrons. The van der Waals surface area contributed by atoms with Crippen LogP contribution in [0.3, 0.4) is 0 Å². The molecular weight excluding hydrogens is 194 g/mol. The highest BCUT2D eigenvalue weighted by atomic mass is 32.2. The summed E-state index contributed by atoms with van der Waals surface area (Å²) in [5, 5.41) is 0. The Morgan fingerprint density at radius 3 is 2.93 bits per heavy atom. The number of benzene rings is 1. The lowest BCUT2D eigenvalue weighted by Gasteiger charge is -2.06. The Balaban J connectivity index is 0.00000112. The number of aryl methyl sites for hydroxylation is 1. The van der Waals surface area contributed by atoms with Crippen LogP contribution in [0.5, 0.6) is 0 Å². The summed E-state index contributed by atoms with van der Waals surface area (Å²) in [7, 11) is 0. The number of epoxide rings is 1. The van der Waals surface area contributed by atoms with E-state index in [9.17, 15) is 0 Å². The van der Waals surface area contributed by atoms with Crippen molar-refractivity contribution in [2.24, 2.45) is 5.73 Å². The van der Waals surface area contributed by atoms with Crippen LogP contribution in [-0.2, 0) is 4.74 Å². The molecular formula is C11H17NOS. The summed E-state index contributed by atoms with van der Waals surface area (Å²) in [5.41, 5.74) is 6.85. The molecule has 0 amide bonds. The van der Waals surface area contributed by atoms with Gasteiger partial charge in [0.1, 0.15) is 5.72 Å². The van der Waals surface area contributed by atoms with Gasteiger partial charge in [-0.2, -0.15) is 0 Å². The van der Waals surface area contributed by atoms with Gasteiger partial charge in [-0.25, -0.2) is 0 Å². The SMILES string of the molecule is Cc1ccccc1SCCC1(N)CO1.[HH]. The van der Waals surface area contributed by atoms with E-state index in [4.69, 9.17) is 10.5 Å². The molecule has 0 aliphatic carbocycles. The maximum absolute atomic E-state index is 5.81. The summed E-state index contributed by atoms with van der Waals surface area (Å²) in [6, 6.07) is 8.42. The van der Waals surface area contributed by atoms with Crippen molar-refractivity contribution in [1.82, 2.24) is 0 Å². The Morgan fingerprint density at radius 2 is 2.29 bits per heavy atom. The predicted octanol–water partition coefficient (Wildman–Crippen LogP) is 2.41. The summed E-state index contributed by atoms with van der Waals surface area (Å²) in [6.45, 7) is 2.86. The van der Waals surface area contributed by atoms with Gasteiger partial charge in [0.25, 0.3) is 0 Å². The Morgan fingerprint density at radius 1 is 1.57 bits per heavy atom. The number of thioether (sulfide) groups is 1. The zero-order chi connectivity index (χ0) is 10.0. The Labute approximate surface area is 90.3 Å². The van der Waals surface area contributed by atoms with E-state index < -0.39 is 0 Å². The predicted molar refractivity (Wildman–Crippen MR) is 61.5 cm³/mol. The van der Waals surface area contributed by atoms with Crippen molar-refractivity contribution < 1.29 is 6.16 Å². The first-order valence-corrected chi connectivity index (χ1v) is 5.79. The summed E-state index contributed by atoms with van der Waals surface area (Å²) >= 11 is 1.85. The van der Waals surface area contributed by atoms with Gasteiger partial charge in [-0.1, -0.05) is 18.2 Å². The van der Waals surface area contributed by atoms with E-state index in [1.807, 2.05) is 11.8 Å². The van der Waals surface area contributed by atoms with Crippen molar-refractivity contribution in [2.45, 2.75) is 24.0 Å². The standard InChI is InChI=1S/C11H15NOS.H2/c1-9-4-2-3-5-10(9)14-7-6-11(12)8-13-11;/h2-5H,6-8,12H2,1H3;1H. The van der Waals surface area contributed by atoms with Crippen LogP contribution in [-0.4, -0.2) is 18.1 Å². The van der Waals surface area contributed by atoms with Gasteiger partial charge in [0.15, 0.2) is 0 Å². The monoisotopic (exact) mass is 211 g/mol. The average molecular weight is 211 g/mol. The fraction of sp³-hybridized carbons (Fsp3) is 0.455. The molecule has 1 aromatic carbocycles. The molecule has 0 aromatic heterocycles. The topological polar surface area (TPSA) is 38.5 Å². The number of hydrogen-bond donors (Lipinski definition) is 1. The van der Waals surface area contributed by atoms with E-state index >= 15 is 0 Å². The van der Waals surface area contributed by atoms with Gasteiger partial charge in [-0.3, -0.25) is 0 Å². The minimum absolute atomic E-state index is 0. The Bertz CT molecular complexity index is 328. The average Bonchev–Trinajstić information content (AvgIpc) is 2.88. The highest BCUT2D eigenvalue weighted by Gasteiger charge is 2.39. The third-order valence-electron chi connectivity index (χ3n) is 2.39. The van der Waals surface area contributed by atoms with Crippen LogP contribution in [0.1, 0.15) is 13.4 Å². The second-order valence-corrected chi connectivity index (χ2v) is 4.85. The molecule has 1 unspecified atom stereocenters. The van der Waals surface area contributed by atoms with Crippen LogP contribution >= 0.6 is 11.8 Å². The third-order valence-corrected chi connectivity index (χ3v) is 3.57. The molecule has 78 valence electrons. The van der Waals surface area contributed by atoms with E-state index in [1.165, 1.54) is 10.5 Å². The quantitative estimate of drug-likeness (QED) is 0.614. The van der Waals surface area contributed by atoms with Gasteiger partial charge in [0, 0.05) is 18.5 Å². The fourth-order valence-corrected chi connectivity index (χ4v) is 2.43. The molecule has 2 rings (SSSR count). The molecule has 3 heteroatoms. The second kappa shape index (κ2) is 3.93. The van der Waals surface area contributed by atoms with E-state index in [-0.39, 0.29) is 7.15 Å². The molecule has 1 aliphatic heterocycles. The Kier molecular flexibility index (Phi) is 2.81. The molecule has 0 spiro atoms. The largest absolute Gasteiger partial charge is 0.354 e. The maximum atomic E-state index is 5.81. The second-order valence-electron chi connectivity index (χ2n) is 3.72. The van der Waals surface area contributed by atoms with Crippen LogP contribution in [0, 0.1) is 6.92 Å². The van der Waals surface area contributed by atoms with Gasteiger partial charge < -0.3 is 10.5 Å². The summed E-state index contributed by atoms with van der Waals surface area (Å²) in [5.74, 6) is 1.03. The van der Waals surface area contributed by atoms with E-state index in [2.05, 4.69) is 31.2 Å². The highest BCUT2D eigenvalue weighted by molar-refractivity contribution is 7.99. The maximum Gasteiger partial charge on any atom is 0.141 e. The van der Waals surface area contributed by atoms with Crippen LogP contribution in [0.15, 0.2) is 29.2 Å². The van der Waals surface area contributed by atoms with Gasteiger partial charge >= 0.3 is 0 Å².